The lowest BCUT2D eigenvalue weighted by molar-refractivity contribution is 0.173. The average Bonchev–Trinajstić information content (AvgIpc) is 3.18. The fraction of sp³-hybridized carbons (Fsp3) is 1.00. The van der Waals surface area contributed by atoms with E-state index in [9.17, 15) is 0 Å². The van der Waals surface area contributed by atoms with Crippen molar-refractivity contribution in [3.05, 3.63) is 0 Å². The lowest BCUT2D eigenvalue weighted by Crippen LogP contribution is -2.22. The Balaban J connectivity index is 1.56. The molecule has 0 aromatic rings. The van der Waals surface area contributed by atoms with Gasteiger partial charge in [0.1, 0.15) is 0 Å². The molecule has 3 rings (SSSR count). The van der Waals surface area contributed by atoms with E-state index >= 15 is 0 Å². The van der Waals surface area contributed by atoms with Gasteiger partial charge < -0.3 is 0 Å². The van der Waals surface area contributed by atoms with Crippen LogP contribution in [-0.2, 0) is 0 Å². The molecule has 0 aromatic carbocycles. The van der Waals surface area contributed by atoms with Gasteiger partial charge in [-0.15, -0.1) is 0 Å². The molecular formula is C20H36. The molecule has 0 bridgehead atoms. The molecule has 0 saturated heterocycles. The standard InChI is InChI=1S/C20H36/c1-16-7-5-11-17(12-6-8-16)19-9-3-2-4-10-20(15-19)18-13-14-18/h16-20H,2-15H2,1H3. The van der Waals surface area contributed by atoms with Crippen LogP contribution in [0.1, 0.15) is 96.8 Å². The van der Waals surface area contributed by atoms with Gasteiger partial charge in [0.05, 0.1) is 0 Å². The second kappa shape index (κ2) is 7.32. The summed E-state index contributed by atoms with van der Waals surface area (Å²) in [5.41, 5.74) is 0. The fourth-order valence-electron chi connectivity index (χ4n) is 5.26. The normalized spacial score (nSPS) is 41.2. The molecule has 0 aromatic heterocycles. The van der Waals surface area contributed by atoms with Gasteiger partial charge in [0.15, 0.2) is 0 Å². The lowest BCUT2D eigenvalue weighted by Gasteiger charge is -2.34. The van der Waals surface area contributed by atoms with Crippen LogP contribution in [0, 0.1) is 29.6 Å². The molecule has 3 aliphatic carbocycles. The number of rotatable bonds is 2. The van der Waals surface area contributed by atoms with E-state index in [1.165, 1.54) is 44.9 Å². The predicted molar refractivity (Wildman–Crippen MR) is 87.8 cm³/mol. The molecule has 0 radical (unpaired) electrons. The molecule has 3 aliphatic rings. The molecule has 0 nitrogen and oxygen atoms in total. The van der Waals surface area contributed by atoms with Gasteiger partial charge in [-0.3, -0.25) is 0 Å². The molecule has 0 heterocycles. The first-order valence-electron chi connectivity index (χ1n) is 9.83. The molecule has 2 unspecified atom stereocenters. The van der Waals surface area contributed by atoms with E-state index in [2.05, 4.69) is 6.92 Å². The summed E-state index contributed by atoms with van der Waals surface area (Å²) >= 11 is 0. The van der Waals surface area contributed by atoms with Crippen LogP contribution < -0.4 is 0 Å². The van der Waals surface area contributed by atoms with Crippen LogP contribution in [0.3, 0.4) is 0 Å². The Morgan fingerprint density at radius 2 is 0.950 bits per heavy atom. The Labute approximate surface area is 127 Å². The third kappa shape index (κ3) is 4.25. The van der Waals surface area contributed by atoms with Crippen LogP contribution in [0.5, 0.6) is 0 Å². The van der Waals surface area contributed by atoms with E-state index in [0.717, 1.165) is 29.6 Å². The van der Waals surface area contributed by atoms with Crippen molar-refractivity contribution in [1.82, 2.24) is 0 Å². The maximum atomic E-state index is 2.47. The Hall–Kier alpha value is 0. The Morgan fingerprint density at radius 1 is 0.450 bits per heavy atom. The summed E-state index contributed by atoms with van der Waals surface area (Å²) in [6.07, 6.45) is 21.7. The van der Waals surface area contributed by atoms with Gasteiger partial charge in [0.25, 0.3) is 0 Å². The molecule has 0 heteroatoms. The van der Waals surface area contributed by atoms with Crippen molar-refractivity contribution in [2.45, 2.75) is 96.8 Å². The van der Waals surface area contributed by atoms with E-state index in [0.29, 0.717) is 0 Å². The van der Waals surface area contributed by atoms with Gasteiger partial charge in [0.2, 0.25) is 0 Å². The topological polar surface area (TPSA) is 0 Å². The van der Waals surface area contributed by atoms with Gasteiger partial charge in [0, 0.05) is 0 Å². The van der Waals surface area contributed by atoms with Gasteiger partial charge >= 0.3 is 0 Å². The summed E-state index contributed by atoms with van der Waals surface area (Å²) in [7, 11) is 0. The summed E-state index contributed by atoms with van der Waals surface area (Å²) in [6, 6.07) is 0. The molecule has 0 amide bonds. The summed E-state index contributed by atoms with van der Waals surface area (Å²) in [4.78, 5) is 0. The van der Waals surface area contributed by atoms with Crippen molar-refractivity contribution < 1.29 is 0 Å². The summed E-state index contributed by atoms with van der Waals surface area (Å²) < 4.78 is 0. The molecule has 3 saturated carbocycles. The molecule has 0 aliphatic heterocycles. The van der Waals surface area contributed by atoms with Crippen LogP contribution in [0.4, 0.5) is 0 Å². The quantitative estimate of drug-likeness (QED) is 0.533. The Morgan fingerprint density at radius 3 is 1.50 bits per heavy atom. The maximum Gasteiger partial charge on any atom is -0.0383 e. The molecule has 0 N–H and O–H groups in total. The molecule has 3 fully saturated rings. The van der Waals surface area contributed by atoms with Crippen molar-refractivity contribution >= 4 is 0 Å². The van der Waals surface area contributed by atoms with Gasteiger partial charge in [-0.25, -0.2) is 0 Å². The molecule has 20 heavy (non-hydrogen) atoms. The minimum Gasteiger partial charge on any atom is -0.0625 e. The minimum absolute atomic E-state index is 1.01. The maximum absolute atomic E-state index is 2.47. The summed E-state index contributed by atoms with van der Waals surface area (Å²) in [6.45, 7) is 2.47. The number of hydrogen-bond acceptors (Lipinski definition) is 0. The highest BCUT2D eigenvalue weighted by atomic mass is 14.4. The van der Waals surface area contributed by atoms with Gasteiger partial charge in [-0.2, -0.15) is 0 Å². The van der Waals surface area contributed by atoms with Crippen LogP contribution in [0.2, 0.25) is 0 Å². The smallest absolute Gasteiger partial charge is 0.0383 e. The van der Waals surface area contributed by atoms with Crippen molar-refractivity contribution in [1.29, 1.82) is 0 Å². The third-order valence-electron chi connectivity index (χ3n) is 6.75. The number of hydrogen-bond donors (Lipinski definition) is 0. The highest BCUT2D eigenvalue weighted by molar-refractivity contribution is 4.86. The highest BCUT2D eigenvalue weighted by Gasteiger charge is 2.35. The van der Waals surface area contributed by atoms with Crippen LogP contribution in [0.25, 0.3) is 0 Å². The van der Waals surface area contributed by atoms with Crippen molar-refractivity contribution in [3.63, 3.8) is 0 Å². The van der Waals surface area contributed by atoms with Crippen LogP contribution in [0.15, 0.2) is 0 Å². The minimum atomic E-state index is 1.01. The molecule has 2 atom stereocenters. The first kappa shape index (κ1) is 14.9. The largest absolute Gasteiger partial charge is 0.0625 e. The summed E-state index contributed by atoms with van der Waals surface area (Å²) in [5.74, 6) is 5.50. The van der Waals surface area contributed by atoms with Crippen LogP contribution >= 0.6 is 0 Å². The van der Waals surface area contributed by atoms with Crippen LogP contribution in [-0.4, -0.2) is 0 Å². The predicted octanol–water partition coefficient (Wildman–Crippen LogP) is 6.59. The fourth-order valence-corrected chi connectivity index (χ4v) is 5.26. The van der Waals surface area contributed by atoms with E-state index < -0.39 is 0 Å². The second-order valence-electron chi connectivity index (χ2n) is 8.46. The zero-order valence-corrected chi connectivity index (χ0v) is 13.8. The van der Waals surface area contributed by atoms with Crippen molar-refractivity contribution in [3.8, 4) is 0 Å². The molecule has 0 spiro atoms. The lowest BCUT2D eigenvalue weighted by atomic mass is 9.72. The Bertz CT molecular complexity index is 268. The molecular weight excluding hydrogens is 240 g/mol. The highest BCUT2D eigenvalue weighted by Crippen LogP contribution is 2.46. The molecule has 116 valence electrons. The zero-order chi connectivity index (χ0) is 13.8. The van der Waals surface area contributed by atoms with E-state index in [4.69, 9.17) is 0 Å². The Kier molecular flexibility index (Phi) is 5.46. The van der Waals surface area contributed by atoms with E-state index in [-0.39, 0.29) is 0 Å². The van der Waals surface area contributed by atoms with E-state index in [1.54, 1.807) is 44.9 Å². The average molecular weight is 277 g/mol. The second-order valence-corrected chi connectivity index (χ2v) is 8.46. The third-order valence-corrected chi connectivity index (χ3v) is 6.75. The first-order valence-corrected chi connectivity index (χ1v) is 9.83. The van der Waals surface area contributed by atoms with Gasteiger partial charge in [-0.05, 0) is 48.9 Å². The monoisotopic (exact) mass is 276 g/mol. The van der Waals surface area contributed by atoms with Crippen molar-refractivity contribution in [2.75, 3.05) is 0 Å². The van der Waals surface area contributed by atoms with Crippen molar-refractivity contribution in [2.24, 2.45) is 29.6 Å². The summed E-state index contributed by atoms with van der Waals surface area (Å²) in [5, 5.41) is 0. The first-order chi connectivity index (χ1) is 9.83. The SMILES string of the molecule is CC1CCCC(C2CCCCCC(C3CC3)C2)CCC1. The van der Waals surface area contributed by atoms with E-state index in [1.807, 2.05) is 0 Å². The zero-order valence-electron chi connectivity index (χ0n) is 13.8. The van der Waals surface area contributed by atoms with Gasteiger partial charge in [-0.1, -0.05) is 77.6 Å².